The van der Waals surface area contributed by atoms with Crippen LogP contribution in [0.1, 0.15) is 59.8 Å². The molecule has 3 heteroatoms. The van der Waals surface area contributed by atoms with Crippen LogP contribution in [0.15, 0.2) is 0 Å². The van der Waals surface area contributed by atoms with E-state index in [0.29, 0.717) is 11.8 Å². The molecule has 2 fully saturated rings. The van der Waals surface area contributed by atoms with Crippen molar-refractivity contribution in [3.8, 4) is 0 Å². The summed E-state index contributed by atoms with van der Waals surface area (Å²) in [7, 11) is 0. The Morgan fingerprint density at radius 3 is 2.58 bits per heavy atom. The van der Waals surface area contributed by atoms with Crippen LogP contribution in [0.3, 0.4) is 0 Å². The number of fused-ring (bicyclic) bond motifs is 1. The van der Waals surface area contributed by atoms with Gasteiger partial charge in [0.25, 0.3) is 0 Å². The highest BCUT2D eigenvalue weighted by Crippen LogP contribution is 2.60. The SMILES string of the molecule is CC(=O)OC1CCCC2(C)C1CCC2C(C)(C)C=O. The van der Waals surface area contributed by atoms with Gasteiger partial charge in [0.15, 0.2) is 0 Å². The number of carbonyl (C=O) groups excluding carboxylic acids is 2. The van der Waals surface area contributed by atoms with Gasteiger partial charge in [0, 0.05) is 18.3 Å². The molecule has 2 aliphatic carbocycles. The molecule has 4 atom stereocenters. The van der Waals surface area contributed by atoms with Gasteiger partial charge in [-0.05, 0) is 43.4 Å². The first kappa shape index (κ1) is 14.5. The van der Waals surface area contributed by atoms with E-state index in [9.17, 15) is 9.59 Å². The molecule has 3 nitrogen and oxygen atoms in total. The molecule has 2 aliphatic rings. The van der Waals surface area contributed by atoms with Gasteiger partial charge in [-0.25, -0.2) is 0 Å². The summed E-state index contributed by atoms with van der Waals surface area (Å²) in [5.74, 6) is 0.655. The summed E-state index contributed by atoms with van der Waals surface area (Å²) in [4.78, 5) is 22.7. The molecular weight excluding hydrogens is 240 g/mol. The molecule has 0 N–H and O–H groups in total. The predicted octanol–water partition coefficient (Wildman–Crippen LogP) is 3.36. The molecule has 108 valence electrons. The Kier molecular flexibility index (Phi) is 3.76. The zero-order chi connectivity index (χ0) is 14.3. The average Bonchev–Trinajstić information content (AvgIpc) is 2.67. The van der Waals surface area contributed by atoms with Gasteiger partial charge < -0.3 is 9.53 Å². The Morgan fingerprint density at radius 2 is 2.00 bits per heavy atom. The van der Waals surface area contributed by atoms with Gasteiger partial charge in [-0.1, -0.05) is 20.8 Å². The van der Waals surface area contributed by atoms with Crippen LogP contribution < -0.4 is 0 Å². The second-order valence-corrected chi connectivity index (χ2v) is 7.22. The van der Waals surface area contributed by atoms with Gasteiger partial charge in [-0.2, -0.15) is 0 Å². The third-order valence-corrected chi connectivity index (χ3v) is 5.58. The number of hydrogen-bond donors (Lipinski definition) is 0. The molecule has 0 aromatic heterocycles. The summed E-state index contributed by atoms with van der Waals surface area (Å²) in [5.41, 5.74) is -0.135. The molecule has 0 aliphatic heterocycles. The number of carbonyl (C=O) groups is 2. The molecule has 0 amide bonds. The van der Waals surface area contributed by atoms with Crippen molar-refractivity contribution in [2.24, 2.45) is 22.7 Å². The Morgan fingerprint density at radius 1 is 1.32 bits per heavy atom. The van der Waals surface area contributed by atoms with Crippen LogP contribution in [0.2, 0.25) is 0 Å². The minimum Gasteiger partial charge on any atom is -0.462 e. The van der Waals surface area contributed by atoms with Crippen molar-refractivity contribution in [3.05, 3.63) is 0 Å². The first-order valence-corrected chi connectivity index (χ1v) is 7.45. The van der Waals surface area contributed by atoms with E-state index in [2.05, 4.69) is 6.92 Å². The Bertz CT molecular complexity index is 374. The van der Waals surface area contributed by atoms with Crippen LogP contribution in [-0.2, 0) is 14.3 Å². The Labute approximate surface area is 116 Å². The van der Waals surface area contributed by atoms with E-state index in [1.54, 1.807) is 0 Å². The number of aldehydes is 1. The normalized spacial score (nSPS) is 38.6. The topological polar surface area (TPSA) is 43.4 Å². The van der Waals surface area contributed by atoms with E-state index in [4.69, 9.17) is 4.74 Å². The first-order valence-electron chi connectivity index (χ1n) is 7.45. The fourth-order valence-corrected chi connectivity index (χ4v) is 4.78. The maximum atomic E-state index is 11.4. The summed E-state index contributed by atoms with van der Waals surface area (Å²) >= 11 is 0. The fourth-order valence-electron chi connectivity index (χ4n) is 4.78. The van der Waals surface area contributed by atoms with Gasteiger partial charge in [0.2, 0.25) is 0 Å². The highest BCUT2D eigenvalue weighted by Gasteiger charge is 2.56. The second kappa shape index (κ2) is 4.92. The number of esters is 1. The van der Waals surface area contributed by atoms with Crippen LogP contribution in [0.4, 0.5) is 0 Å². The molecule has 4 unspecified atom stereocenters. The van der Waals surface area contributed by atoms with Crippen molar-refractivity contribution in [3.63, 3.8) is 0 Å². The fraction of sp³-hybridized carbons (Fsp3) is 0.875. The van der Waals surface area contributed by atoms with Gasteiger partial charge in [0.05, 0.1) is 0 Å². The lowest BCUT2D eigenvalue weighted by molar-refractivity contribution is -0.156. The van der Waals surface area contributed by atoms with E-state index < -0.39 is 0 Å². The van der Waals surface area contributed by atoms with Gasteiger partial charge in [-0.15, -0.1) is 0 Å². The lowest BCUT2D eigenvalue weighted by Gasteiger charge is -2.47. The molecule has 0 radical (unpaired) electrons. The van der Waals surface area contributed by atoms with Gasteiger partial charge in [-0.3, -0.25) is 4.79 Å². The number of ether oxygens (including phenoxy) is 1. The van der Waals surface area contributed by atoms with E-state index >= 15 is 0 Å². The zero-order valence-electron chi connectivity index (χ0n) is 12.6. The third kappa shape index (κ3) is 2.44. The molecule has 19 heavy (non-hydrogen) atoms. The average molecular weight is 266 g/mol. The molecule has 0 aromatic carbocycles. The molecule has 0 spiro atoms. The predicted molar refractivity (Wildman–Crippen MR) is 73.6 cm³/mol. The summed E-state index contributed by atoms with van der Waals surface area (Å²) < 4.78 is 5.54. The minimum absolute atomic E-state index is 0.0590. The zero-order valence-corrected chi connectivity index (χ0v) is 12.6. The van der Waals surface area contributed by atoms with Crippen molar-refractivity contribution in [1.82, 2.24) is 0 Å². The van der Waals surface area contributed by atoms with E-state index in [1.807, 2.05) is 13.8 Å². The molecular formula is C16H26O3. The van der Waals surface area contributed by atoms with Crippen molar-refractivity contribution in [2.75, 3.05) is 0 Å². The minimum atomic E-state index is -0.276. The molecule has 0 heterocycles. The standard InChI is InChI=1S/C16H26O3/c1-11(18)19-13-6-5-9-16(4)12(13)7-8-14(16)15(2,3)10-17/h10,12-14H,5-9H2,1-4H3. The Balaban J connectivity index is 2.23. The number of rotatable bonds is 3. The maximum absolute atomic E-state index is 11.4. The van der Waals surface area contributed by atoms with Crippen LogP contribution in [0, 0.1) is 22.7 Å². The van der Waals surface area contributed by atoms with Gasteiger partial charge in [0.1, 0.15) is 12.4 Å². The summed E-state index contributed by atoms with van der Waals surface area (Å²) in [6, 6.07) is 0. The third-order valence-electron chi connectivity index (χ3n) is 5.58. The van der Waals surface area contributed by atoms with Crippen LogP contribution in [0.25, 0.3) is 0 Å². The summed E-state index contributed by atoms with van der Waals surface area (Å²) in [6.45, 7) is 7.89. The number of hydrogen-bond acceptors (Lipinski definition) is 3. The largest absolute Gasteiger partial charge is 0.462 e. The van der Waals surface area contributed by atoms with Crippen LogP contribution in [0.5, 0.6) is 0 Å². The van der Waals surface area contributed by atoms with Crippen molar-refractivity contribution in [1.29, 1.82) is 0 Å². The van der Waals surface area contributed by atoms with Crippen LogP contribution >= 0.6 is 0 Å². The first-order chi connectivity index (χ1) is 8.81. The van der Waals surface area contributed by atoms with Crippen molar-refractivity contribution < 1.29 is 14.3 Å². The monoisotopic (exact) mass is 266 g/mol. The molecule has 2 rings (SSSR count). The molecule has 2 saturated carbocycles. The van der Waals surface area contributed by atoms with E-state index in [0.717, 1.165) is 38.4 Å². The van der Waals surface area contributed by atoms with Crippen molar-refractivity contribution in [2.45, 2.75) is 65.9 Å². The molecule has 0 saturated heterocycles. The highest BCUT2D eigenvalue weighted by molar-refractivity contribution is 5.66. The quantitative estimate of drug-likeness (QED) is 0.581. The summed E-state index contributed by atoms with van der Waals surface area (Å²) in [5, 5.41) is 0. The maximum Gasteiger partial charge on any atom is 0.302 e. The Hall–Kier alpha value is -0.860. The smallest absolute Gasteiger partial charge is 0.302 e. The van der Waals surface area contributed by atoms with Crippen molar-refractivity contribution >= 4 is 12.3 Å². The van der Waals surface area contributed by atoms with E-state index in [-0.39, 0.29) is 22.9 Å². The molecule has 0 aromatic rings. The lowest BCUT2D eigenvalue weighted by atomic mass is 9.58. The summed E-state index contributed by atoms with van der Waals surface area (Å²) in [6.07, 6.45) is 6.55. The van der Waals surface area contributed by atoms with Gasteiger partial charge >= 0.3 is 5.97 Å². The highest BCUT2D eigenvalue weighted by atomic mass is 16.5. The molecule has 0 bridgehead atoms. The van der Waals surface area contributed by atoms with E-state index in [1.165, 1.54) is 6.92 Å². The lowest BCUT2D eigenvalue weighted by Crippen LogP contribution is -2.45. The second-order valence-electron chi connectivity index (χ2n) is 7.22. The van der Waals surface area contributed by atoms with Crippen LogP contribution in [-0.4, -0.2) is 18.4 Å².